The third-order valence-electron chi connectivity index (χ3n) is 3.83. The van der Waals surface area contributed by atoms with Crippen molar-refractivity contribution in [3.63, 3.8) is 0 Å². The molecule has 1 amide bonds. The van der Waals surface area contributed by atoms with Crippen LogP contribution in [0.4, 0.5) is 5.69 Å². The normalized spacial score (nSPS) is 12.2. The average molecular weight is 366 g/mol. The lowest BCUT2D eigenvalue weighted by Crippen LogP contribution is -2.21. The highest BCUT2D eigenvalue weighted by molar-refractivity contribution is 7.99. The fraction of sp³-hybridized carbons (Fsp3) is 0.200. The number of carbonyl (C=O) groups excluding carboxylic acids is 1. The first-order chi connectivity index (χ1) is 12.7. The van der Waals surface area contributed by atoms with Crippen LogP contribution < -0.4 is 14.8 Å². The maximum absolute atomic E-state index is 12.7. The number of ether oxygens (including phenoxy) is 2. The van der Waals surface area contributed by atoms with E-state index < -0.39 is 0 Å². The van der Waals surface area contributed by atoms with Gasteiger partial charge in [-0.2, -0.15) is 5.26 Å². The number of carbonyl (C=O) groups is 1. The fourth-order valence-corrected chi connectivity index (χ4v) is 3.44. The van der Waals surface area contributed by atoms with Gasteiger partial charge in [0, 0.05) is 22.6 Å². The molecule has 26 heavy (non-hydrogen) atoms. The SMILES string of the molecule is COc1cccc2c1OCC(C(=O)Nc1ccccc1SCCC#N)=C2. The molecule has 0 radical (unpaired) electrons. The van der Waals surface area contributed by atoms with Crippen LogP contribution in [0.3, 0.4) is 0 Å². The van der Waals surface area contributed by atoms with Gasteiger partial charge in [0.15, 0.2) is 11.5 Å². The first kappa shape index (κ1) is 17.9. The van der Waals surface area contributed by atoms with Crippen molar-refractivity contribution in [1.82, 2.24) is 0 Å². The summed E-state index contributed by atoms with van der Waals surface area (Å²) < 4.78 is 11.0. The van der Waals surface area contributed by atoms with Crippen molar-refractivity contribution in [3.05, 3.63) is 53.6 Å². The van der Waals surface area contributed by atoms with Crippen LogP contribution in [0, 0.1) is 11.3 Å². The van der Waals surface area contributed by atoms with Crippen molar-refractivity contribution in [2.45, 2.75) is 11.3 Å². The summed E-state index contributed by atoms with van der Waals surface area (Å²) in [5.74, 6) is 1.78. The smallest absolute Gasteiger partial charge is 0.255 e. The molecular weight excluding hydrogens is 348 g/mol. The Bertz CT molecular complexity index is 887. The Labute approximate surface area is 156 Å². The van der Waals surface area contributed by atoms with E-state index in [1.807, 2.05) is 48.5 Å². The highest BCUT2D eigenvalue weighted by Crippen LogP contribution is 2.36. The second-order valence-electron chi connectivity index (χ2n) is 5.54. The number of rotatable bonds is 6. The number of amides is 1. The van der Waals surface area contributed by atoms with E-state index in [0.29, 0.717) is 29.2 Å². The van der Waals surface area contributed by atoms with Gasteiger partial charge in [-0.15, -0.1) is 11.8 Å². The molecule has 0 bridgehead atoms. The minimum Gasteiger partial charge on any atom is -0.493 e. The van der Waals surface area contributed by atoms with Gasteiger partial charge in [-0.25, -0.2) is 0 Å². The zero-order valence-electron chi connectivity index (χ0n) is 14.3. The van der Waals surface area contributed by atoms with E-state index in [0.717, 1.165) is 16.1 Å². The average Bonchev–Trinajstić information content (AvgIpc) is 2.68. The minimum absolute atomic E-state index is 0.183. The van der Waals surface area contributed by atoms with Crippen molar-refractivity contribution in [1.29, 1.82) is 5.26 Å². The Morgan fingerprint density at radius 1 is 1.31 bits per heavy atom. The van der Waals surface area contributed by atoms with Crippen molar-refractivity contribution >= 4 is 29.4 Å². The second kappa shape index (κ2) is 8.45. The van der Waals surface area contributed by atoms with Crippen LogP contribution in [0.15, 0.2) is 52.9 Å². The van der Waals surface area contributed by atoms with Crippen molar-refractivity contribution in [2.75, 3.05) is 24.8 Å². The standard InChI is InChI=1S/C20H18N2O3S/c1-24-17-8-4-6-14-12-15(13-25-19(14)17)20(23)22-16-7-2-3-9-18(16)26-11-5-10-21/h2-4,6-9,12H,5,11,13H2,1H3,(H,22,23). The van der Waals surface area contributed by atoms with Gasteiger partial charge in [0.05, 0.1) is 24.4 Å². The van der Waals surface area contributed by atoms with Crippen LogP contribution in [0.25, 0.3) is 6.08 Å². The molecule has 0 unspecified atom stereocenters. The number of para-hydroxylation sites is 2. The number of nitriles is 1. The second-order valence-corrected chi connectivity index (χ2v) is 6.68. The zero-order valence-corrected chi connectivity index (χ0v) is 15.1. The number of nitrogens with one attached hydrogen (secondary N) is 1. The van der Waals surface area contributed by atoms with E-state index in [-0.39, 0.29) is 12.5 Å². The summed E-state index contributed by atoms with van der Waals surface area (Å²) >= 11 is 1.55. The maximum atomic E-state index is 12.7. The summed E-state index contributed by atoms with van der Waals surface area (Å²) in [5, 5.41) is 11.6. The molecule has 0 spiro atoms. The summed E-state index contributed by atoms with van der Waals surface area (Å²) in [6.07, 6.45) is 2.28. The molecule has 2 aromatic carbocycles. The molecule has 5 nitrogen and oxygen atoms in total. The number of thioether (sulfide) groups is 1. The number of methoxy groups -OCH3 is 1. The van der Waals surface area contributed by atoms with Crippen LogP contribution in [0.1, 0.15) is 12.0 Å². The molecule has 3 rings (SSSR count). The van der Waals surface area contributed by atoms with E-state index in [1.165, 1.54) is 0 Å². The Morgan fingerprint density at radius 2 is 2.15 bits per heavy atom. The molecule has 1 aliphatic rings. The van der Waals surface area contributed by atoms with Crippen molar-refractivity contribution in [3.8, 4) is 17.6 Å². The molecule has 0 saturated heterocycles. The quantitative estimate of drug-likeness (QED) is 0.615. The van der Waals surface area contributed by atoms with Crippen molar-refractivity contribution < 1.29 is 14.3 Å². The van der Waals surface area contributed by atoms with Crippen LogP contribution >= 0.6 is 11.8 Å². The van der Waals surface area contributed by atoms with Gasteiger partial charge in [-0.1, -0.05) is 24.3 Å². The summed E-state index contributed by atoms with van der Waals surface area (Å²) in [6, 6.07) is 15.3. The molecule has 132 valence electrons. The lowest BCUT2D eigenvalue weighted by Gasteiger charge is -2.20. The molecular formula is C20H18N2O3S. The molecule has 0 aromatic heterocycles. The molecule has 0 saturated carbocycles. The van der Waals surface area contributed by atoms with Gasteiger partial charge in [0.25, 0.3) is 5.91 Å². The topological polar surface area (TPSA) is 71.3 Å². The van der Waals surface area contributed by atoms with Crippen LogP contribution in [0.2, 0.25) is 0 Å². The molecule has 0 fully saturated rings. The Balaban J connectivity index is 1.77. The van der Waals surface area contributed by atoms with E-state index in [1.54, 1.807) is 18.9 Å². The van der Waals surface area contributed by atoms with Crippen LogP contribution in [-0.2, 0) is 4.79 Å². The molecule has 0 aliphatic carbocycles. The third-order valence-corrected chi connectivity index (χ3v) is 4.90. The largest absolute Gasteiger partial charge is 0.493 e. The first-order valence-corrected chi connectivity index (χ1v) is 9.12. The Morgan fingerprint density at radius 3 is 2.96 bits per heavy atom. The highest BCUT2D eigenvalue weighted by Gasteiger charge is 2.20. The Kier molecular flexibility index (Phi) is 5.82. The minimum atomic E-state index is -0.202. The summed E-state index contributed by atoms with van der Waals surface area (Å²) in [5.41, 5.74) is 2.10. The first-order valence-electron chi connectivity index (χ1n) is 8.13. The molecule has 1 aliphatic heterocycles. The molecule has 0 atom stereocenters. The van der Waals surface area contributed by atoms with E-state index in [2.05, 4.69) is 11.4 Å². The monoisotopic (exact) mass is 366 g/mol. The summed E-state index contributed by atoms with van der Waals surface area (Å²) in [4.78, 5) is 13.6. The molecule has 1 heterocycles. The predicted molar refractivity (Wildman–Crippen MR) is 102 cm³/mol. The summed E-state index contributed by atoms with van der Waals surface area (Å²) in [6.45, 7) is 0.183. The maximum Gasteiger partial charge on any atom is 0.255 e. The fourth-order valence-electron chi connectivity index (χ4n) is 2.58. The molecule has 6 heteroatoms. The van der Waals surface area contributed by atoms with Crippen molar-refractivity contribution in [2.24, 2.45) is 0 Å². The molecule has 2 aromatic rings. The van der Waals surface area contributed by atoms with E-state index in [9.17, 15) is 4.79 Å². The number of fused-ring (bicyclic) bond motifs is 1. The lowest BCUT2D eigenvalue weighted by molar-refractivity contribution is -0.113. The van der Waals surface area contributed by atoms with Gasteiger partial charge in [0.2, 0.25) is 0 Å². The molecule has 1 N–H and O–H groups in total. The third kappa shape index (κ3) is 4.01. The van der Waals surface area contributed by atoms with Gasteiger partial charge in [-0.05, 0) is 24.3 Å². The number of hydrogen-bond acceptors (Lipinski definition) is 5. The number of anilines is 1. The Hall–Kier alpha value is -2.91. The van der Waals surface area contributed by atoms with E-state index >= 15 is 0 Å². The van der Waals surface area contributed by atoms with Gasteiger partial charge in [0.1, 0.15) is 6.61 Å². The summed E-state index contributed by atoms with van der Waals surface area (Å²) in [7, 11) is 1.59. The van der Waals surface area contributed by atoms with Gasteiger partial charge >= 0.3 is 0 Å². The number of benzene rings is 2. The highest BCUT2D eigenvalue weighted by atomic mass is 32.2. The van der Waals surface area contributed by atoms with Gasteiger partial charge < -0.3 is 14.8 Å². The number of hydrogen-bond donors (Lipinski definition) is 1. The van der Waals surface area contributed by atoms with E-state index in [4.69, 9.17) is 14.7 Å². The zero-order chi connectivity index (χ0) is 18.4. The van der Waals surface area contributed by atoms with Crippen LogP contribution in [-0.4, -0.2) is 25.4 Å². The van der Waals surface area contributed by atoms with Crippen LogP contribution in [0.5, 0.6) is 11.5 Å². The van der Waals surface area contributed by atoms with Gasteiger partial charge in [-0.3, -0.25) is 4.79 Å². The lowest BCUT2D eigenvalue weighted by atomic mass is 10.1. The predicted octanol–water partition coefficient (Wildman–Crippen LogP) is 4.12. The number of nitrogens with zero attached hydrogens (tertiary/aromatic N) is 1.